The fourth-order valence-corrected chi connectivity index (χ4v) is 6.17. The minimum atomic E-state index is -1.44. The van der Waals surface area contributed by atoms with E-state index in [1.165, 1.54) is 13.8 Å². The molecule has 5 rings (SSSR count). The highest BCUT2D eigenvalue weighted by Crippen LogP contribution is 2.34. The van der Waals surface area contributed by atoms with Crippen LogP contribution in [0.25, 0.3) is 0 Å². The molecule has 22 heteroatoms. The van der Waals surface area contributed by atoms with Crippen LogP contribution in [-0.2, 0) is 105 Å². The Kier molecular flexibility index (Phi) is 27.5. The van der Waals surface area contributed by atoms with Crippen molar-refractivity contribution < 1.29 is 105 Å². The van der Waals surface area contributed by atoms with Gasteiger partial charge in [0.25, 0.3) is 0 Å². The molecule has 0 saturated carbocycles. The molecule has 5 saturated heterocycles. The Morgan fingerprint density at radius 1 is 0.538 bits per heavy atom. The van der Waals surface area contributed by atoms with Crippen LogP contribution in [0.1, 0.15) is 189 Å². The Hall–Kier alpha value is -5.83. The van der Waals surface area contributed by atoms with Crippen molar-refractivity contribution in [2.45, 2.75) is 224 Å². The molecule has 0 aromatic heterocycles. The number of hydrogen-bond donors (Lipinski definition) is 0. The van der Waals surface area contributed by atoms with Gasteiger partial charge in [-0.25, -0.2) is 19.2 Å². The Balaban J connectivity index is 0.000000492. The molecule has 0 aromatic carbocycles. The fraction of sp³-hybridized carbons (Fsp3) is 0.804. The summed E-state index contributed by atoms with van der Waals surface area (Å²) < 4.78 is 54.9. The number of ether oxygens (including phenoxy) is 11. The Bertz CT molecular complexity index is 2100. The summed E-state index contributed by atoms with van der Waals surface area (Å²) in [5.74, 6) is -4.56. The molecule has 22 nitrogen and oxygen atoms in total. The van der Waals surface area contributed by atoms with Gasteiger partial charge < -0.3 is 52.1 Å². The monoisotopic (exact) mass is 1110 g/mol. The van der Waals surface area contributed by atoms with Crippen LogP contribution in [0.4, 0.5) is 0 Å². The van der Waals surface area contributed by atoms with Crippen LogP contribution < -0.4 is 0 Å². The highest BCUT2D eigenvalue weighted by molar-refractivity contribution is 5.88. The van der Waals surface area contributed by atoms with Gasteiger partial charge in [-0.05, 0) is 108 Å². The molecule has 5 aliphatic heterocycles. The van der Waals surface area contributed by atoms with Gasteiger partial charge in [-0.15, -0.1) is 0 Å². The van der Waals surface area contributed by atoms with Crippen molar-refractivity contribution in [1.82, 2.24) is 0 Å². The van der Waals surface area contributed by atoms with E-state index in [4.69, 9.17) is 42.6 Å². The van der Waals surface area contributed by atoms with E-state index in [-0.39, 0.29) is 79.3 Å². The average molecular weight is 1120 g/mol. The topological polar surface area (TPSA) is 289 Å². The van der Waals surface area contributed by atoms with Crippen LogP contribution >= 0.6 is 0 Å². The van der Waals surface area contributed by atoms with Crippen LogP contribution in [-0.4, -0.2) is 134 Å². The molecule has 0 aromatic rings. The second kappa shape index (κ2) is 30.5. The number of cyclic esters (lactones) is 5. The lowest BCUT2D eigenvalue weighted by molar-refractivity contribution is -0.188. The molecule has 7 unspecified atom stereocenters. The van der Waals surface area contributed by atoms with E-state index in [0.29, 0.717) is 58.3 Å². The molecule has 0 N–H and O–H groups in total. The smallest absolute Gasteiger partial charge is 0.350 e. The van der Waals surface area contributed by atoms with Gasteiger partial charge in [-0.2, -0.15) is 0 Å². The maximum atomic E-state index is 12.0. The van der Waals surface area contributed by atoms with Crippen molar-refractivity contribution in [2.24, 2.45) is 34.0 Å². The SMILES string of the molecule is CCC(C)(C)C(=O)OC(C)(C)C(=O)OC1CCOC1=O.CCC(C)(C)C(=O)OC(C)(C)C1COC(=O)C1.CCC(C)(C)C(=O)OC1(C)CCOC1=O.CCC(C)C(=O)OC1CCOC1=O.CCC(C)C(=O)OC1COC(=O)C1. The summed E-state index contributed by atoms with van der Waals surface area (Å²) in [5, 5.41) is 0. The lowest BCUT2D eigenvalue weighted by Crippen LogP contribution is -2.44. The summed E-state index contributed by atoms with van der Waals surface area (Å²) in [7, 11) is 0. The molecular formula is C56H90O22. The summed E-state index contributed by atoms with van der Waals surface area (Å²) >= 11 is 0. The van der Waals surface area contributed by atoms with E-state index in [2.05, 4.69) is 9.47 Å². The number of carbonyl (C=O) groups excluding carboxylic acids is 11. The zero-order chi connectivity index (χ0) is 60.2. The van der Waals surface area contributed by atoms with Gasteiger partial charge in [0.15, 0.2) is 0 Å². The number of esters is 11. The van der Waals surface area contributed by atoms with E-state index in [1.807, 2.05) is 62.3 Å². The van der Waals surface area contributed by atoms with Crippen LogP contribution in [0, 0.1) is 34.0 Å². The molecular weight excluding hydrogens is 1020 g/mol. The van der Waals surface area contributed by atoms with Gasteiger partial charge in [-0.1, -0.05) is 48.5 Å². The van der Waals surface area contributed by atoms with Crippen molar-refractivity contribution >= 4 is 65.7 Å². The number of hydrogen-bond acceptors (Lipinski definition) is 22. The third-order valence-corrected chi connectivity index (χ3v) is 14.3. The summed E-state index contributed by atoms with van der Waals surface area (Å²) in [4.78, 5) is 126. The molecule has 0 spiro atoms. The second-order valence-electron chi connectivity index (χ2n) is 23.0. The molecule has 0 amide bonds. The second-order valence-corrected chi connectivity index (χ2v) is 23.0. The van der Waals surface area contributed by atoms with E-state index in [0.717, 1.165) is 19.3 Å². The standard InChI is InChI=1S/C14H22O6.C13H22O4.C11H18O4.2C9H14O4/c1-6-13(2,3)11(16)20-14(4,5)12(17)19-9-7-8-18-10(9)15;1-6-12(2,3)11(15)17-13(4,5)9-7-10(14)16-8-9;1-5-10(2,3)8(12)15-11(4)6-7-14-9(11)13;1-3-6(2)9(11)13-7-4-8(10)12-5-7;1-3-6(2)8(10)13-7-4-5-12-9(7)11/h9H,6-8H2,1-5H3;9H,6-8H2,1-5H3;5-7H2,1-4H3;2*6-7H,3-5H2,1-2H3. The first-order chi connectivity index (χ1) is 35.9. The molecule has 5 aliphatic rings. The predicted molar refractivity (Wildman–Crippen MR) is 277 cm³/mol. The maximum Gasteiger partial charge on any atom is 0.350 e. The normalized spacial score (nSPS) is 22.6. The van der Waals surface area contributed by atoms with Crippen molar-refractivity contribution in [3.63, 3.8) is 0 Å². The lowest BCUT2D eigenvalue weighted by atomic mass is 9.87. The first-order valence-corrected chi connectivity index (χ1v) is 27.0. The fourth-order valence-electron chi connectivity index (χ4n) is 6.17. The zero-order valence-electron chi connectivity index (χ0n) is 49.6. The van der Waals surface area contributed by atoms with Crippen LogP contribution in [0.5, 0.6) is 0 Å². The van der Waals surface area contributed by atoms with Gasteiger partial charge in [0.2, 0.25) is 23.4 Å². The zero-order valence-corrected chi connectivity index (χ0v) is 49.6. The first-order valence-electron chi connectivity index (χ1n) is 27.0. The van der Waals surface area contributed by atoms with E-state index < -0.39 is 75.1 Å². The van der Waals surface area contributed by atoms with Crippen LogP contribution in [0.2, 0.25) is 0 Å². The van der Waals surface area contributed by atoms with Crippen molar-refractivity contribution in [3.8, 4) is 0 Å². The first kappa shape index (κ1) is 70.2. The van der Waals surface area contributed by atoms with E-state index >= 15 is 0 Å². The van der Waals surface area contributed by atoms with Gasteiger partial charge >= 0.3 is 65.7 Å². The van der Waals surface area contributed by atoms with Gasteiger partial charge in [0, 0.05) is 25.2 Å². The Labute approximate surface area is 460 Å². The van der Waals surface area contributed by atoms with Gasteiger partial charge in [0.05, 0.1) is 67.3 Å². The summed E-state index contributed by atoms with van der Waals surface area (Å²) in [6, 6.07) is 0. The van der Waals surface area contributed by atoms with Crippen LogP contribution in [0.15, 0.2) is 0 Å². The average Bonchev–Trinajstić information content (AvgIpc) is 4.24. The summed E-state index contributed by atoms with van der Waals surface area (Å²) in [6.45, 7) is 33.6. The molecule has 0 bridgehead atoms. The summed E-state index contributed by atoms with van der Waals surface area (Å²) in [5.41, 5.74) is -4.89. The molecule has 78 heavy (non-hydrogen) atoms. The highest BCUT2D eigenvalue weighted by Gasteiger charge is 2.47. The highest BCUT2D eigenvalue weighted by atomic mass is 16.6. The minimum Gasteiger partial charge on any atom is -0.465 e. The Morgan fingerprint density at radius 3 is 1.36 bits per heavy atom. The molecule has 7 atom stereocenters. The molecule has 5 heterocycles. The number of rotatable bonds is 18. The minimum absolute atomic E-state index is 0.0494. The van der Waals surface area contributed by atoms with Gasteiger partial charge in [-0.3, -0.25) is 33.6 Å². The predicted octanol–water partition coefficient (Wildman–Crippen LogP) is 7.36. The lowest BCUT2D eigenvalue weighted by Gasteiger charge is -2.33. The van der Waals surface area contributed by atoms with Crippen molar-refractivity contribution in [3.05, 3.63) is 0 Å². The molecule has 446 valence electrons. The summed E-state index contributed by atoms with van der Waals surface area (Å²) in [6.07, 6.45) is 3.31. The van der Waals surface area contributed by atoms with E-state index in [1.54, 1.807) is 48.5 Å². The third kappa shape index (κ3) is 22.1. The van der Waals surface area contributed by atoms with Gasteiger partial charge in [0.1, 0.15) is 18.3 Å². The van der Waals surface area contributed by atoms with Crippen LogP contribution in [0.3, 0.4) is 0 Å². The van der Waals surface area contributed by atoms with Crippen molar-refractivity contribution in [2.75, 3.05) is 33.0 Å². The molecule has 0 radical (unpaired) electrons. The molecule has 5 fully saturated rings. The van der Waals surface area contributed by atoms with Crippen molar-refractivity contribution in [1.29, 1.82) is 0 Å². The third-order valence-electron chi connectivity index (χ3n) is 14.3. The Morgan fingerprint density at radius 2 is 0.974 bits per heavy atom. The van der Waals surface area contributed by atoms with E-state index in [9.17, 15) is 52.7 Å². The number of carbonyl (C=O) groups is 11. The maximum absolute atomic E-state index is 12.0. The quantitative estimate of drug-likeness (QED) is 0.0956. The largest absolute Gasteiger partial charge is 0.465 e. The molecule has 0 aliphatic carbocycles.